The van der Waals surface area contributed by atoms with Gasteiger partial charge in [-0.3, -0.25) is 19.7 Å². The smallest absolute Gasteiger partial charge is 0.270 e. The maximum Gasteiger partial charge on any atom is 0.270 e. The van der Waals surface area contributed by atoms with Crippen LogP contribution in [0, 0.1) is 21.4 Å². The number of aromatic amines is 1. The summed E-state index contributed by atoms with van der Waals surface area (Å²) in [5.41, 5.74) is 0.142. The van der Waals surface area contributed by atoms with Crippen molar-refractivity contribution in [3.63, 3.8) is 0 Å². The van der Waals surface area contributed by atoms with Gasteiger partial charge in [0.25, 0.3) is 17.2 Å². The van der Waals surface area contributed by atoms with Crippen molar-refractivity contribution in [1.29, 1.82) is 5.26 Å². The first kappa shape index (κ1) is 18.8. The normalized spacial score (nSPS) is 10.1. The van der Waals surface area contributed by atoms with E-state index in [1.165, 1.54) is 12.1 Å². The third-order valence-electron chi connectivity index (χ3n) is 3.89. The Kier molecular flexibility index (Phi) is 5.20. The number of amides is 1. The molecule has 0 atom stereocenters. The monoisotopic (exact) mass is 394 g/mol. The number of carbonyl (C=O) groups is 1. The van der Waals surface area contributed by atoms with Gasteiger partial charge in [-0.05, 0) is 35.9 Å². The summed E-state index contributed by atoms with van der Waals surface area (Å²) in [5.74, 6) is -0.741. The van der Waals surface area contributed by atoms with E-state index in [-0.39, 0.29) is 22.5 Å². The van der Waals surface area contributed by atoms with Gasteiger partial charge >= 0.3 is 0 Å². The highest BCUT2D eigenvalue weighted by molar-refractivity contribution is 6.30. The summed E-state index contributed by atoms with van der Waals surface area (Å²) >= 11 is 5.84. The molecule has 0 saturated carbocycles. The van der Waals surface area contributed by atoms with Crippen molar-refractivity contribution in [2.75, 3.05) is 5.32 Å². The number of nitro groups is 1. The van der Waals surface area contributed by atoms with Gasteiger partial charge in [0.05, 0.1) is 16.2 Å². The van der Waals surface area contributed by atoms with Gasteiger partial charge in [-0.15, -0.1) is 0 Å². The Labute approximate surface area is 163 Å². The van der Waals surface area contributed by atoms with Crippen molar-refractivity contribution in [1.82, 2.24) is 4.98 Å². The second kappa shape index (κ2) is 7.73. The molecule has 0 aliphatic carbocycles. The number of pyridine rings is 1. The number of carbonyl (C=O) groups excluding carboxylic acids is 1. The lowest BCUT2D eigenvalue weighted by molar-refractivity contribution is -0.384. The number of anilines is 1. The summed E-state index contributed by atoms with van der Waals surface area (Å²) < 4.78 is 0. The van der Waals surface area contributed by atoms with Crippen LogP contribution < -0.4 is 10.9 Å². The molecule has 2 N–H and O–H groups in total. The molecule has 0 bridgehead atoms. The highest BCUT2D eigenvalue weighted by Crippen LogP contribution is 2.22. The van der Waals surface area contributed by atoms with Crippen molar-refractivity contribution in [3.05, 3.63) is 91.2 Å². The lowest BCUT2D eigenvalue weighted by atomic mass is 10.1. The molecule has 3 rings (SSSR count). The predicted octanol–water partition coefficient (Wildman–Crippen LogP) is 3.73. The molecule has 0 aliphatic rings. The van der Waals surface area contributed by atoms with Crippen LogP contribution in [0.5, 0.6) is 0 Å². The number of nitrogens with zero attached hydrogens (tertiary/aromatic N) is 2. The zero-order valence-electron chi connectivity index (χ0n) is 14.1. The van der Waals surface area contributed by atoms with E-state index >= 15 is 0 Å². The quantitative estimate of drug-likeness (QED) is 0.514. The number of hydrogen-bond acceptors (Lipinski definition) is 5. The second-order valence-corrected chi connectivity index (χ2v) is 6.11. The minimum Gasteiger partial charge on any atom is -0.321 e. The SMILES string of the molecule is N#Cc1cc([N+](=O)[O-])ccc1NC(=O)c1ccc(-c2ccc(Cl)cc2)[nH]c1=O. The highest BCUT2D eigenvalue weighted by Gasteiger charge is 2.16. The van der Waals surface area contributed by atoms with Crippen molar-refractivity contribution >= 4 is 28.9 Å². The van der Waals surface area contributed by atoms with Crippen LogP contribution >= 0.6 is 11.6 Å². The number of non-ortho nitro benzene ring substituents is 1. The third-order valence-corrected chi connectivity index (χ3v) is 4.14. The van der Waals surface area contributed by atoms with E-state index in [0.717, 1.165) is 17.7 Å². The molecule has 8 nitrogen and oxygen atoms in total. The minimum atomic E-state index is -0.741. The van der Waals surface area contributed by atoms with E-state index in [2.05, 4.69) is 10.3 Å². The van der Waals surface area contributed by atoms with Crippen LogP contribution in [0.1, 0.15) is 15.9 Å². The lowest BCUT2D eigenvalue weighted by Crippen LogP contribution is -2.23. The summed E-state index contributed by atoms with van der Waals surface area (Å²) in [6.45, 7) is 0. The fourth-order valence-corrected chi connectivity index (χ4v) is 2.61. The van der Waals surface area contributed by atoms with Gasteiger partial charge in [0.1, 0.15) is 11.6 Å². The Bertz CT molecular complexity index is 1180. The van der Waals surface area contributed by atoms with Gasteiger partial charge in [0.15, 0.2) is 0 Å². The third kappa shape index (κ3) is 3.90. The average Bonchev–Trinajstić information content (AvgIpc) is 2.68. The van der Waals surface area contributed by atoms with Crippen LogP contribution in [0.25, 0.3) is 11.3 Å². The maximum absolute atomic E-state index is 12.4. The first-order valence-corrected chi connectivity index (χ1v) is 8.26. The van der Waals surface area contributed by atoms with Crippen LogP contribution in [0.4, 0.5) is 11.4 Å². The Morgan fingerprint density at radius 3 is 2.46 bits per heavy atom. The molecule has 1 heterocycles. The standard InChI is InChI=1S/C19H11ClN4O4/c20-13-3-1-11(2-4-13)16-8-6-15(18(25)22-16)19(26)23-17-7-5-14(24(27)28)9-12(17)10-21/h1-9H,(H,22,25)(H,23,26). The van der Waals surface area contributed by atoms with Gasteiger partial charge in [-0.25, -0.2) is 0 Å². The first-order chi connectivity index (χ1) is 13.4. The summed E-state index contributed by atoms with van der Waals surface area (Å²) in [5, 5.41) is 22.9. The topological polar surface area (TPSA) is 129 Å². The van der Waals surface area contributed by atoms with Crippen LogP contribution in [0.15, 0.2) is 59.4 Å². The molecule has 0 fully saturated rings. The predicted molar refractivity (Wildman–Crippen MR) is 103 cm³/mol. The Hall–Kier alpha value is -3.96. The zero-order chi connectivity index (χ0) is 20.3. The molecule has 0 spiro atoms. The van der Waals surface area contributed by atoms with Gasteiger partial charge in [0.2, 0.25) is 0 Å². The van der Waals surface area contributed by atoms with Crippen molar-refractivity contribution < 1.29 is 9.72 Å². The largest absolute Gasteiger partial charge is 0.321 e. The number of H-pyrrole nitrogens is 1. The number of nitro benzene ring substituents is 1. The van der Waals surface area contributed by atoms with Crippen molar-refractivity contribution in [2.24, 2.45) is 0 Å². The lowest BCUT2D eigenvalue weighted by Gasteiger charge is -2.08. The van der Waals surface area contributed by atoms with Gasteiger partial charge in [-0.1, -0.05) is 23.7 Å². The van der Waals surface area contributed by atoms with E-state index in [4.69, 9.17) is 16.9 Å². The average molecular weight is 395 g/mol. The number of nitriles is 1. The molecule has 1 amide bonds. The summed E-state index contributed by atoms with van der Waals surface area (Å²) in [6.07, 6.45) is 0. The molecule has 0 aliphatic heterocycles. The fraction of sp³-hybridized carbons (Fsp3) is 0. The Balaban J connectivity index is 1.87. The Morgan fingerprint density at radius 2 is 1.86 bits per heavy atom. The zero-order valence-corrected chi connectivity index (χ0v) is 14.9. The van der Waals surface area contributed by atoms with Crippen LogP contribution in [0.2, 0.25) is 5.02 Å². The first-order valence-electron chi connectivity index (χ1n) is 7.88. The number of aromatic nitrogens is 1. The molecule has 138 valence electrons. The van der Waals surface area contributed by atoms with Gasteiger partial charge < -0.3 is 10.3 Å². The molecular formula is C19H11ClN4O4. The number of nitrogens with one attached hydrogen (secondary N) is 2. The molecule has 2 aromatic carbocycles. The van der Waals surface area contributed by atoms with Crippen molar-refractivity contribution in [2.45, 2.75) is 0 Å². The van der Waals surface area contributed by atoms with Crippen LogP contribution in [-0.4, -0.2) is 15.8 Å². The number of hydrogen-bond donors (Lipinski definition) is 2. The molecular weight excluding hydrogens is 384 g/mol. The number of halogens is 1. The van der Waals surface area contributed by atoms with E-state index in [0.29, 0.717) is 10.7 Å². The molecule has 1 aromatic heterocycles. The van der Waals surface area contributed by atoms with Crippen LogP contribution in [0.3, 0.4) is 0 Å². The van der Waals surface area contributed by atoms with E-state index in [1.54, 1.807) is 36.4 Å². The summed E-state index contributed by atoms with van der Waals surface area (Å²) in [6, 6.07) is 15.0. The highest BCUT2D eigenvalue weighted by atomic mass is 35.5. The maximum atomic E-state index is 12.4. The molecule has 3 aromatic rings. The van der Waals surface area contributed by atoms with Crippen LogP contribution in [-0.2, 0) is 0 Å². The van der Waals surface area contributed by atoms with E-state index in [9.17, 15) is 19.7 Å². The molecule has 9 heteroatoms. The van der Waals surface area contributed by atoms with Gasteiger partial charge in [-0.2, -0.15) is 5.26 Å². The Morgan fingerprint density at radius 1 is 1.14 bits per heavy atom. The summed E-state index contributed by atoms with van der Waals surface area (Å²) in [7, 11) is 0. The summed E-state index contributed by atoms with van der Waals surface area (Å²) in [4.78, 5) is 37.5. The second-order valence-electron chi connectivity index (χ2n) is 5.67. The molecule has 0 unspecified atom stereocenters. The molecule has 0 saturated heterocycles. The number of rotatable bonds is 4. The van der Waals surface area contributed by atoms with Gasteiger partial charge in [0, 0.05) is 22.8 Å². The van der Waals surface area contributed by atoms with E-state index < -0.39 is 16.4 Å². The van der Waals surface area contributed by atoms with E-state index in [1.807, 2.05) is 0 Å². The minimum absolute atomic E-state index is 0.0688. The molecule has 28 heavy (non-hydrogen) atoms. The fourth-order valence-electron chi connectivity index (χ4n) is 2.49. The number of benzene rings is 2. The molecule has 0 radical (unpaired) electrons. The van der Waals surface area contributed by atoms with Crippen molar-refractivity contribution in [3.8, 4) is 17.3 Å².